The van der Waals surface area contributed by atoms with Gasteiger partial charge in [-0.05, 0) is 18.2 Å². The Hall–Kier alpha value is -2.74. The van der Waals surface area contributed by atoms with Crippen molar-refractivity contribution in [2.45, 2.75) is 13.0 Å². The predicted octanol–water partition coefficient (Wildman–Crippen LogP) is 1.56. The van der Waals surface area contributed by atoms with E-state index in [2.05, 4.69) is 15.5 Å². The molecule has 21 heavy (non-hydrogen) atoms. The van der Waals surface area contributed by atoms with Crippen LogP contribution in [0.25, 0.3) is 5.65 Å². The van der Waals surface area contributed by atoms with Crippen LogP contribution in [0.4, 0.5) is 5.88 Å². The largest absolute Gasteiger partial charge is 0.433 e. The molecule has 8 nitrogen and oxygen atoms in total. The average molecular weight is 287 g/mol. The molecule has 3 rings (SSSR count). The van der Waals surface area contributed by atoms with Crippen LogP contribution in [-0.4, -0.2) is 26.1 Å². The number of nitrogens with one attached hydrogen (secondary N) is 1. The fourth-order valence-corrected chi connectivity index (χ4v) is 2.03. The molecule has 0 saturated heterocycles. The van der Waals surface area contributed by atoms with Gasteiger partial charge in [0.2, 0.25) is 0 Å². The molecule has 0 aliphatic heterocycles. The summed E-state index contributed by atoms with van der Waals surface area (Å²) < 4.78 is 6.99. The molecule has 0 radical (unpaired) electrons. The zero-order valence-electron chi connectivity index (χ0n) is 11.1. The molecular weight excluding hydrogens is 274 g/mol. The van der Waals surface area contributed by atoms with Crippen molar-refractivity contribution in [3.63, 3.8) is 0 Å². The maximum Gasteiger partial charge on any atom is 0.433 e. The maximum atomic E-state index is 10.5. The van der Waals surface area contributed by atoms with Crippen molar-refractivity contribution in [1.29, 1.82) is 0 Å². The van der Waals surface area contributed by atoms with Gasteiger partial charge in [-0.15, -0.1) is 10.2 Å². The number of rotatable bonds is 6. The average Bonchev–Trinajstić information content (AvgIpc) is 3.11. The van der Waals surface area contributed by atoms with Crippen LogP contribution in [0.1, 0.15) is 11.6 Å². The lowest BCUT2D eigenvalue weighted by Gasteiger charge is -2.01. The van der Waals surface area contributed by atoms with Gasteiger partial charge in [-0.3, -0.25) is 14.5 Å². The van der Waals surface area contributed by atoms with Gasteiger partial charge in [0.15, 0.2) is 5.65 Å². The fraction of sp³-hybridized carbons (Fsp3) is 0.231. The lowest BCUT2D eigenvalue weighted by Crippen LogP contribution is -2.17. The Balaban J connectivity index is 1.53. The molecule has 0 saturated carbocycles. The molecule has 0 atom stereocenters. The first-order chi connectivity index (χ1) is 10.2. The molecule has 3 aromatic heterocycles. The van der Waals surface area contributed by atoms with E-state index in [1.807, 2.05) is 28.8 Å². The van der Waals surface area contributed by atoms with Crippen LogP contribution in [-0.2, 0) is 13.0 Å². The summed E-state index contributed by atoms with van der Waals surface area (Å²) in [4.78, 5) is 9.95. The summed E-state index contributed by atoms with van der Waals surface area (Å²) in [7, 11) is 0. The summed E-state index contributed by atoms with van der Waals surface area (Å²) in [5.41, 5.74) is 0.814. The van der Waals surface area contributed by atoms with Gasteiger partial charge in [0.25, 0.3) is 0 Å². The van der Waals surface area contributed by atoms with Crippen LogP contribution < -0.4 is 5.32 Å². The SMILES string of the molecule is O=[N+]([O-])c1ccc(CNCCc2nnc3ccccn23)o1. The smallest absolute Gasteiger partial charge is 0.404 e. The van der Waals surface area contributed by atoms with E-state index in [1.165, 1.54) is 6.07 Å². The Bertz CT molecular complexity index is 764. The number of nitrogens with zero attached hydrogens (tertiary/aromatic N) is 4. The lowest BCUT2D eigenvalue weighted by atomic mass is 10.3. The van der Waals surface area contributed by atoms with E-state index in [4.69, 9.17) is 4.42 Å². The molecule has 0 amide bonds. The van der Waals surface area contributed by atoms with Gasteiger partial charge in [-0.2, -0.15) is 0 Å². The summed E-state index contributed by atoms with van der Waals surface area (Å²) in [5, 5.41) is 21.9. The third-order valence-corrected chi connectivity index (χ3v) is 3.04. The molecule has 0 unspecified atom stereocenters. The molecule has 0 aromatic carbocycles. The minimum atomic E-state index is -0.550. The van der Waals surface area contributed by atoms with Gasteiger partial charge in [0.1, 0.15) is 16.5 Å². The van der Waals surface area contributed by atoms with E-state index >= 15 is 0 Å². The Morgan fingerprint density at radius 2 is 2.19 bits per heavy atom. The third-order valence-electron chi connectivity index (χ3n) is 3.04. The number of nitro groups is 1. The molecule has 0 spiro atoms. The molecular formula is C13H13N5O3. The normalized spacial score (nSPS) is 11.0. The van der Waals surface area contributed by atoms with Crippen LogP contribution in [0.15, 0.2) is 40.9 Å². The molecule has 0 bridgehead atoms. The van der Waals surface area contributed by atoms with Crippen LogP contribution in [0, 0.1) is 10.1 Å². The number of furan rings is 1. The van der Waals surface area contributed by atoms with Crippen molar-refractivity contribution >= 4 is 11.5 Å². The third kappa shape index (κ3) is 2.90. The molecule has 8 heteroatoms. The minimum Gasteiger partial charge on any atom is -0.404 e. The van der Waals surface area contributed by atoms with Gasteiger partial charge in [-0.1, -0.05) is 6.07 Å². The minimum absolute atomic E-state index is 0.241. The molecule has 3 aromatic rings. The number of hydrogen-bond donors (Lipinski definition) is 1. The zero-order chi connectivity index (χ0) is 14.7. The van der Waals surface area contributed by atoms with E-state index in [1.54, 1.807) is 6.07 Å². The molecule has 3 heterocycles. The second kappa shape index (κ2) is 5.71. The van der Waals surface area contributed by atoms with Crippen LogP contribution in [0.5, 0.6) is 0 Å². The van der Waals surface area contributed by atoms with Gasteiger partial charge in [0.05, 0.1) is 12.6 Å². The highest BCUT2D eigenvalue weighted by Gasteiger charge is 2.11. The first kappa shape index (κ1) is 13.3. The van der Waals surface area contributed by atoms with E-state index in [9.17, 15) is 10.1 Å². The highest BCUT2D eigenvalue weighted by Crippen LogP contribution is 2.15. The summed E-state index contributed by atoms with van der Waals surface area (Å²) >= 11 is 0. The summed E-state index contributed by atoms with van der Waals surface area (Å²) in [6.45, 7) is 1.11. The Kier molecular flexibility index (Phi) is 3.61. The topological polar surface area (TPSA) is 98.5 Å². The van der Waals surface area contributed by atoms with E-state index in [0.29, 0.717) is 25.3 Å². The Labute approximate surface area is 119 Å². The molecule has 0 aliphatic carbocycles. The molecule has 0 aliphatic rings. The summed E-state index contributed by atoms with van der Waals surface area (Å²) in [6.07, 6.45) is 2.62. The van der Waals surface area contributed by atoms with Crippen molar-refractivity contribution in [3.8, 4) is 0 Å². The van der Waals surface area contributed by atoms with E-state index in [0.717, 1.165) is 11.5 Å². The fourth-order valence-electron chi connectivity index (χ4n) is 2.03. The van der Waals surface area contributed by atoms with Crippen molar-refractivity contribution in [2.24, 2.45) is 0 Å². The van der Waals surface area contributed by atoms with Crippen LogP contribution in [0.3, 0.4) is 0 Å². The monoisotopic (exact) mass is 287 g/mol. The van der Waals surface area contributed by atoms with Crippen LogP contribution >= 0.6 is 0 Å². The van der Waals surface area contributed by atoms with Gasteiger partial charge < -0.3 is 9.73 Å². The summed E-state index contributed by atoms with van der Waals surface area (Å²) in [6, 6.07) is 8.68. The predicted molar refractivity (Wildman–Crippen MR) is 73.8 cm³/mol. The summed E-state index contributed by atoms with van der Waals surface area (Å²) in [5.74, 6) is 1.16. The van der Waals surface area contributed by atoms with E-state index in [-0.39, 0.29) is 5.88 Å². The molecule has 0 fully saturated rings. The van der Waals surface area contributed by atoms with Crippen LogP contribution in [0.2, 0.25) is 0 Å². The number of aromatic nitrogens is 3. The number of pyridine rings is 1. The maximum absolute atomic E-state index is 10.5. The first-order valence-corrected chi connectivity index (χ1v) is 6.46. The standard InChI is InChI=1S/C13H13N5O3/c19-18(20)13-5-4-10(21-13)9-14-7-6-12-16-15-11-3-1-2-8-17(11)12/h1-5,8,14H,6-7,9H2. The molecule has 1 N–H and O–H groups in total. The van der Waals surface area contributed by atoms with E-state index < -0.39 is 4.92 Å². The van der Waals surface area contributed by atoms with Crippen molar-refractivity contribution in [2.75, 3.05) is 6.54 Å². The van der Waals surface area contributed by atoms with Gasteiger partial charge in [0, 0.05) is 19.2 Å². The lowest BCUT2D eigenvalue weighted by molar-refractivity contribution is -0.402. The van der Waals surface area contributed by atoms with Gasteiger partial charge in [-0.25, -0.2) is 0 Å². The first-order valence-electron chi connectivity index (χ1n) is 6.46. The zero-order valence-corrected chi connectivity index (χ0v) is 11.1. The number of fused-ring (bicyclic) bond motifs is 1. The second-order valence-electron chi connectivity index (χ2n) is 4.47. The molecule has 108 valence electrons. The van der Waals surface area contributed by atoms with Crippen molar-refractivity contribution < 1.29 is 9.34 Å². The Morgan fingerprint density at radius 1 is 1.29 bits per heavy atom. The van der Waals surface area contributed by atoms with Crippen molar-refractivity contribution in [3.05, 3.63) is 58.2 Å². The quantitative estimate of drug-likeness (QED) is 0.419. The Morgan fingerprint density at radius 3 is 3.00 bits per heavy atom. The highest BCUT2D eigenvalue weighted by atomic mass is 16.6. The number of hydrogen-bond acceptors (Lipinski definition) is 6. The van der Waals surface area contributed by atoms with Crippen molar-refractivity contribution in [1.82, 2.24) is 19.9 Å². The van der Waals surface area contributed by atoms with Gasteiger partial charge >= 0.3 is 5.88 Å². The highest BCUT2D eigenvalue weighted by molar-refractivity contribution is 5.37. The second-order valence-corrected chi connectivity index (χ2v) is 4.47.